The number of amides is 2. The van der Waals surface area contributed by atoms with Gasteiger partial charge < -0.3 is 15.0 Å². The summed E-state index contributed by atoms with van der Waals surface area (Å²) in [6.45, 7) is 2.59. The van der Waals surface area contributed by atoms with Crippen molar-refractivity contribution in [1.29, 1.82) is 0 Å². The lowest BCUT2D eigenvalue weighted by molar-refractivity contribution is -0.130. The Kier molecular flexibility index (Phi) is 5.86. The van der Waals surface area contributed by atoms with E-state index in [0.29, 0.717) is 5.69 Å². The zero-order valence-corrected chi connectivity index (χ0v) is 17.4. The Balaban J connectivity index is 1.47. The fourth-order valence-corrected chi connectivity index (χ4v) is 4.23. The van der Waals surface area contributed by atoms with Crippen LogP contribution in [0.25, 0.3) is 0 Å². The van der Waals surface area contributed by atoms with Gasteiger partial charge in [-0.15, -0.1) is 0 Å². The second-order valence-electron chi connectivity index (χ2n) is 8.23. The maximum atomic E-state index is 13.1. The van der Waals surface area contributed by atoms with E-state index >= 15 is 0 Å². The van der Waals surface area contributed by atoms with Crippen LogP contribution in [0.4, 0.5) is 15.8 Å². The van der Waals surface area contributed by atoms with Gasteiger partial charge in [0.25, 0.3) is 0 Å². The predicted molar refractivity (Wildman–Crippen MR) is 114 cm³/mol. The van der Waals surface area contributed by atoms with Crippen molar-refractivity contribution in [2.75, 3.05) is 23.9 Å². The number of benzene rings is 2. The summed E-state index contributed by atoms with van der Waals surface area (Å²) >= 11 is 0. The van der Waals surface area contributed by atoms with Gasteiger partial charge >= 0.3 is 0 Å². The first-order chi connectivity index (χ1) is 14.5. The van der Waals surface area contributed by atoms with Crippen molar-refractivity contribution >= 4 is 23.2 Å². The van der Waals surface area contributed by atoms with Crippen molar-refractivity contribution in [3.8, 4) is 0 Å². The number of methoxy groups -OCH3 is 1. The zero-order valence-electron chi connectivity index (χ0n) is 17.4. The number of nitrogens with zero attached hydrogens (tertiary/aromatic N) is 1. The van der Waals surface area contributed by atoms with Crippen molar-refractivity contribution < 1.29 is 18.7 Å². The quantitative estimate of drug-likeness (QED) is 0.801. The number of fused-ring (bicyclic) bond motifs is 1. The molecular weight excluding hydrogens is 383 g/mol. The fraction of sp³-hybridized carbons (Fsp3) is 0.417. The summed E-state index contributed by atoms with van der Waals surface area (Å²) in [4.78, 5) is 27.5. The van der Waals surface area contributed by atoms with E-state index in [9.17, 15) is 14.0 Å². The zero-order chi connectivity index (χ0) is 21.3. The Morgan fingerprint density at radius 3 is 2.60 bits per heavy atom. The number of carbonyl (C=O) groups is 2. The first-order valence-electron chi connectivity index (χ1n) is 10.5. The second kappa shape index (κ2) is 8.56. The van der Waals surface area contributed by atoms with Crippen LogP contribution in [0, 0.1) is 11.7 Å². The highest BCUT2D eigenvalue weighted by Crippen LogP contribution is 2.36. The van der Waals surface area contributed by atoms with Crippen molar-refractivity contribution in [3.05, 3.63) is 59.4 Å². The van der Waals surface area contributed by atoms with Gasteiger partial charge in [-0.3, -0.25) is 9.59 Å². The molecule has 2 aromatic carbocycles. The normalized spacial score (nSPS) is 21.4. The second-order valence-corrected chi connectivity index (χ2v) is 8.23. The largest absolute Gasteiger partial charge is 0.381 e. The van der Waals surface area contributed by atoms with Crippen LogP contribution < -0.4 is 10.2 Å². The highest BCUT2D eigenvalue weighted by Gasteiger charge is 2.38. The summed E-state index contributed by atoms with van der Waals surface area (Å²) in [6.07, 6.45) is 3.59. The van der Waals surface area contributed by atoms with Gasteiger partial charge in [-0.1, -0.05) is 12.1 Å². The van der Waals surface area contributed by atoms with Crippen molar-refractivity contribution in [2.24, 2.45) is 5.92 Å². The van der Waals surface area contributed by atoms with Crippen LogP contribution in [-0.2, 0) is 20.7 Å². The molecule has 158 valence electrons. The standard InChI is InChI=1S/C24H27FN2O3/c1-15(23(28)26-20-8-6-19(25)7-9-20)16-5-10-22-17(12-16)4-3-11-27(22)24(29)18-13-21(14-18)30-2/h5-10,12,15,18,21H,3-4,11,13-14H2,1-2H3,(H,26,28). The Hall–Kier alpha value is -2.73. The van der Waals surface area contributed by atoms with Gasteiger partial charge in [0.2, 0.25) is 11.8 Å². The van der Waals surface area contributed by atoms with E-state index in [0.717, 1.165) is 49.0 Å². The summed E-state index contributed by atoms with van der Waals surface area (Å²) in [7, 11) is 1.69. The topological polar surface area (TPSA) is 58.6 Å². The van der Waals surface area contributed by atoms with Gasteiger partial charge in [0.05, 0.1) is 12.0 Å². The molecule has 5 nitrogen and oxygen atoms in total. The minimum Gasteiger partial charge on any atom is -0.381 e. The summed E-state index contributed by atoms with van der Waals surface area (Å²) in [5.41, 5.74) is 3.54. The van der Waals surface area contributed by atoms with E-state index in [4.69, 9.17) is 4.74 Å². The molecule has 4 rings (SSSR count). The van der Waals surface area contributed by atoms with Gasteiger partial charge in [0.15, 0.2) is 0 Å². The molecule has 1 fully saturated rings. The fourth-order valence-electron chi connectivity index (χ4n) is 4.23. The maximum absolute atomic E-state index is 13.1. The number of hydrogen-bond donors (Lipinski definition) is 1. The van der Waals surface area contributed by atoms with Crippen LogP contribution in [-0.4, -0.2) is 31.6 Å². The summed E-state index contributed by atoms with van der Waals surface area (Å²) in [5.74, 6) is -0.625. The highest BCUT2D eigenvalue weighted by molar-refractivity contribution is 5.98. The van der Waals surface area contributed by atoms with Crippen LogP contribution in [0.5, 0.6) is 0 Å². The van der Waals surface area contributed by atoms with Crippen LogP contribution in [0.1, 0.15) is 43.2 Å². The van der Waals surface area contributed by atoms with Gasteiger partial charge in [-0.2, -0.15) is 0 Å². The maximum Gasteiger partial charge on any atom is 0.231 e. The lowest BCUT2D eigenvalue weighted by Crippen LogP contribution is -2.46. The number of ether oxygens (including phenoxy) is 1. The highest BCUT2D eigenvalue weighted by atomic mass is 19.1. The first-order valence-corrected chi connectivity index (χ1v) is 10.5. The molecule has 1 unspecified atom stereocenters. The lowest BCUT2D eigenvalue weighted by Gasteiger charge is -2.38. The van der Waals surface area contributed by atoms with Crippen molar-refractivity contribution in [1.82, 2.24) is 0 Å². The number of carbonyl (C=O) groups excluding carboxylic acids is 2. The smallest absolute Gasteiger partial charge is 0.231 e. The molecule has 1 aliphatic carbocycles. The molecule has 1 N–H and O–H groups in total. The molecule has 6 heteroatoms. The van der Waals surface area contributed by atoms with Gasteiger partial charge in [0.1, 0.15) is 5.82 Å². The average molecular weight is 410 g/mol. The summed E-state index contributed by atoms with van der Waals surface area (Å²) in [5, 5.41) is 2.83. The van der Waals surface area contributed by atoms with E-state index in [1.165, 1.54) is 12.1 Å². The molecule has 0 bridgehead atoms. The van der Waals surface area contributed by atoms with E-state index < -0.39 is 0 Å². The molecule has 0 saturated heterocycles. The SMILES string of the molecule is COC1CC(C(=O)N2CCCc3cc(C(C)C(=O)Nc4ccc(F)cc4)ccc32)C1. The molecule has 2 aliphatic rings. The molecular formula is C24H27FN2O3. The van der Waals surface area contributed by atoms with Gasteiger partial charge in [-0.25, -0.2) is 4.39 Å². The van der Waals surface area contributed by atoms with Gasteiger partial charge in [0, 0.05) is 30.9 Å². The molecule has 0 aromatic heterocycles. The number of anilines is 2. The monoisotopic (exact) mass is 410 g/mol. The number of hydrogen-bond acceptors (Lipinski definition) is 3. The molecule has 0 spiro atoms. The van der Waals surface area contributed by atoms with E-state index in [1.54, 1.807) is 19.2 Å². The van der Waals surface area contributed by atoms with E-state index in [1.807, 2.05) is 30.0 Å². The van der Waals surface area contributed by atoms with Crippen LogP contribution in [0.3, 0.4) is 0 Å². The van der Waals surface area contributed by atoms with E-state index in [-0.39, 0.29) is 35.6 Å². The van der Waals surface area contributed by atoms with Crippen LogP contribution in [0.15, 0.2) is 42.5 Å². The number of nitrogens with one attached hydrogen (secondary N) is 1. The molecule has 1 atom stereocenters. The van der Waals surface area contributed by atoms with Crippen LogP contribution >= 0.6 is 0 Å². The Labute approximate surface area is 176 Å². The molecule has 2 amide bonds. The lowest BCUT2D eigenvalue weighted by atomic mass is 9.80. The number of aryl methyl sites for hydroxylation is 1. The molecule has 2 aromatic rings. The molecule has 1 aliphatic heterocycles. The van der Waals surface area contributed by atoms with Crippen LogP contribution in [0.2, 0.25) is 0 Å². The van der Waals surface area contributed by atoms with Crippen molar-refractivity contribution in [3.63, 3.8) is 0 Å². The Bertz CT molecular complexity index is 938. The van der Waals surface area contributed by atoms with Crippen molar-refractivity contribution in [2.45, 2.75) is 44.6 Å². The van der Waals surface area contributed by atoms with E-state index in [2.05, 4.69) is 5.32 Å². The predicted octanol–water partition coefficient (Wildman–Crippen LogP) is 4.27. The minimum atomic E-state index is -0.361. The number of halogens is 1. The first kappa shape index (κ1) is 20.5. The molecule has 30 heavy (non-hydrogen) atoms. The minimum absolute atomic E-state index is 0.0426. The van der Waals surface area contributed by atoms with Gasteiger partial charge in [-0.05, 0) is 74.1 Å². The third kappa shape index (κ3) is 4.10. The molecule has 1 heterocycles. The molecule has 1 saturated carbocycles. The number of rotatable bonds is 5. The Morgan fingerprint density at radius 1 is 1.17 bits per heavy atom. The third-order valence-electron chi connectivity index (χ3n) is 6.27. The Morgan fingerprint density at radius 2 is 1.90 bits per heavy atom. The molecule has 0 radical (unpaired) electrons. The summed E-state index contributed by atoms with van der Waals surface area (Å²) in [6, 6.07) is 11.7. The average Bonchev–Trinajstić information content (AvgIpc) is 2.73. The third-order valence-corrected chi connectivity index (χ3v) is 6.27. The summed E-state index contributed by atoms with van der Waals surface area (Å²) < 4.78 is 18.4.